The zero-order valence-corrected chi connectivity index (χ0v) is 10.2. The minimum Gasteiger partial charge on any atom is -0.505 e. The van der Waals surface area contributed by atoms with Crippen LogP contribution in [-0.4, -0.2) is 36.0 Å². The number of ketones is 2. The molecule has 1 aliphatic carbocycles. The third kappa shape index (κ3) is 1.59. The summed E-state index contributed by atoms with van der Waals surface area (Å²) in [6.45, 7) is 0. The monoisotopic (exact) mass is 265 g/mol. The van der Waals surface area contributed by atoms with Gasteiger partial charge in [0, 0.05) is 6.08 Å². The Morgan fingerprint density at radius 1 is 1.05 bits per heavy atom. The second-order valence-corrected chi connectivity index (χ2v) is 3.80. The van der Waals surface area contributed by atoms with E-state index >= 15 is 0 Å². The second-order valence-electron chi connectivity index (χ2n) is 3.80. The lowest BCUT2D eigenvalue weighted by Crippen LogP contribution is -2.19. The van der Waals surface area contributed by atoms with E-state index in [0.29, 0.717) is 0 Å². The van der Waals surface area contributed by atoms with Crippen molar-refractivity contribution in [3.63, 3.8) is 0 Å². The molecular formula is C12H11NO6. The van der Waals surface area contributed by atoms with Crippen LogP contribution in [0, 0.1) is 0 Å². The van der Waals surface area contributed by atoms with Gasteiger partial charge in [-0.05, 0) is 0 Å². The SMILES string of the molecule is COC1=CC(=O)c2c(O)c(OC)c(N)c(O)c2C1=O. The van der Waals surface area contributed by atoms with Crippen molar-refractivity contribution in [2.24, 2.45) is 0 Å². The molecule has 0 atom stereocenters. The topological polar surface area (TPSA) is 119 Å². The van der Waals surface area contributed by atoms with E-state index < -0.39 is 23.1 Å². The van der Waals surface area contributed by atoms with Crippen LogP contribution in [-0.2, 0) is 4.74 Å². The van der Waals surface area contributed by atoms with E-state index in [9.17, 15) is 19.8 Å². The fraction of sp³-hybridized carbons (Fsp3) is 0.167. The van der Waals surface area contributed by atoms with Gasteiger partial charge in [0.1, 0.15) is 5.69 Å². The Balaban J connectivity index is 2.85. The largest absolute Gasteiger partial charge is 0.505 e. The van der Waals surface area contributed by atoms with E-state index in [0.717, 1.165) is 6.08 Å². The van der Waals surface area contributed by atoms with Gasteiger partial charge in [-0.25, -0.2) is 0 Å². The number of phenolic OH excluding ortho intramolecular Hbond substituents is 2. The molecule has 0 saturated carbocycles. The summed E-state index contributed by atoms with van der Waals surface area (Å²) in [5.74, 6) is -3.12. The molecule has 0 unspecified atom stereocenters. The van der Waals surface area contributed by atoms with E-state index in [2.05, 4.69) is 0 Å². The van der Waals surface area contributed by atoms with Crippen LogP contribution in [0.1, 0.15) is 20.7 Å². The molecule has 1 aromatic rings. The summed E-state index contributed by atoms with van der Waals surface area (Å²) in [6, 6.07) is 0. The minimum absolute atomic E-state index is 0.239. The highest BCUT2D eigenvalue weighted by Crippen LogP contribution is 2.47. The van der Waals surface area contributed by atoms with Crippen molar-refractivity contribution in [1.82, 2.24) is 0 Å². The summed E-state index contributed by atoms with van der Waals surface area (Å²) in [5.41, 5.74) is 4.49. The molecule has 0 aliphatic heterocycles. The van der Waals surface area contributed by atoms with Gasteiger partial charge in [-0.15, -0.1) is 0 Å². The molecule has 4 N–H and O–H groups in total. The summed E-state index contributed by atoms with van der Waals surface area (Å²) in [7, 11) is 2.43. The van der Waals surface area contributed by atoms with Crippen molar-refractivity contribution in [3.05, 3.63) is 23.0 Å². The smallest absolute Gasteiger partial charge is 0.232 e. The van der Waals surface area contributed by atoms with Crippen molar-refractivity contribution >= 4 is 17.3 Å². The summed E-state index contributed by atoms with van der Waals surface area (Å²) in [4.78, 5) is 23.9. The molecule has 7 heteroatoms. The molecule has 1 aromatic carbocycles. The molecule has 0 saturated heterocycles. The molecular weight excluding hydrogens is 254 g/mol. The Morgan fingerprint density at radius 3 is 2.21 bits per heavy atom. The van der Waals surface area contributed by atoms with Crippen molar-refractivity contribution in [1.29, 1.82) is 0 Å². The Bertz CT molecular complexity index is 632. The number of anilines is 1. The number of carbonyl (C=O) groups is 2. The van der Waals surface area contributed by atoms with Gasteiger partial charge < -0.3 is 25.4 Å². The lowest BCUT2D eigenvalue weighted by Gasteiger charge is -2.19. The molecule has 0 aromatic heterocycles. The molecule has 0 radical (unpaired) electrons. The number of phenols is 2. The van der Waals surface area contributed by atoms with Crippen LogP contribution < -0.4 is 10.5 Å². The number of benzene rings is 1. The van der Waals surface area contributed by atoms with E-state index in [1.165, 1.54) is 14.2 Å². The van der Waals surface area contributed by atoms with Crippen LogP contribution in [0.3, 0.4) is 0 Å². The van der Waals surface area contributed by atoms with Gasteiger partial charge in [-0.3, -0.25) is 9.59 Å². The maximum atomic E-state index is 12.0. The summed E-state index contributed by atoms with van der Waals surface area (Å²) in [5, 5.41) is 19.8. The van der Waals surface area contributed by atoms with Crippen LogP contribution in [0.15, 0.2) is 11.8 Å². The Morgan fingerprint density at radius 2 is 1.68 bits per heavy atom. The molecule has 7 nitrogen and oxygen atoms in total. The number of fused-ring (bicyclic) bond motifs is 1. The maximum Gasteiger partial charge on any atom is 0.232 e. The van der Waals surface area contributed by atoms with E-state index in [4.69, 9.17) is 15.2 Å². The first-order valence-corrected chi connectivity index (χ1v) is 5.20. The zero-order chi connectivity index (χ0) is 14.3. The first kappa shape index (κ1) is 12.7. The minimum atomic E-state index is -0.737. The molecule has 2 rings (SSSR count). The molecule has 19 heavy (non-hydrogen) atoms. The van der Waals surface area contributed by atoms with Gasteiger partial charge in [0.2, 0.25) is 5.78 Å². The number of hydrogen-bond acceptors (Lipinski definition) is 7. The quantitative estimate of drug-likeness (QED) is 0.407. The number of ether oxygens (including phenoxy) is 2. The average molecular weight is 265 g/mol. The third-order valence-corrected chi connectivity index (χ3v) is 2.82. The summed E-state index contributed by atoms with van der Waals surface area (Å²) < 4.78 is 9.56. The zero-order valence-electron chi connectivity index (χ0n) is 10.2. The number of rotatable bonds is 2. The molecule has 1 aliphatic rings. The number of aromatic hydroxyl groups is 2. The highest BCUT2D eigenvalue weighted by Gasteiger charge is 2.35. The Hall–Kier alpha value is -2.70. The summed E-state index contributed by atoms with van der Waals surface area (Å²) in [6.07, 6.45) is 0.930. The highest BCUT2D eigenvalue weighted by atomic mass is 16.5. The molecule has 0 heterocycles. The van der Waals surface area contributed by atoms with Gasteiger partial charge in [-0.2, -0.15) is 0 Å². The number of nitrogen functional groups attached to an aromatic ring is 1. The average Bonchev–Trinajstić information content (AvgIpc) is 2.38. The fourth-order valence-electron chi connectivity index (χ4n) is 1.92. The number of hydrogen-bond donors (Lipinski definition) is 3. The molecule has 100 valence electrons. The predicted molar refractivity (Wildman–Crippen MR) is 64.5 cm³/mol. The Kier molecular flexibility index (Phi) is 2.82. The van der Waals surface area contributed by atoms with Crippen LogP contribution in [0.25, 0.3) is 0 Å². The Labute approximate surface area is 107 Å². The van der Waals surface area contributed by atoms with Crippen molar-refractivity contribution < 1.29 is 29.3 Å². The summed E-state index contributed by atoms with van der Waals surface area (Å²) >= 11 is 0. The van der Waals surface area contributed by atoms with Crippen molar-refractivity contribution in [2.75, 3.05) is 20.0 Å². The van der Waals surface area contributed by atoms with E-state index in [-0.39, 0.29) is 28.3 Å². The first-order chi connectivity index (χ1) is 8.93. The molecule has 0 spiro atoms. The van der Waals surface area contributed by atoms with Crippen LogP contribution >= 0.6 is 0 Å². The third-order valence-electron chi connectivity index (χ3n) is 2.82. The molecule has 0 fully saturated rings. The van der Waals surface area contributed by atoms with Gasteiger partial charge >= 0.3 is 0 Å². The van der Waals surface area contributed by atoms with Crippen molar-refractivity contribution in [2.45, 2.75) is 0 Å². The second kappa shape index (κ2) is 4.20. The van der Waals surface area contributed by atoms with Crippen molar-refractivity contribution in [3.8, 4) is 17.2 Å². The van der Waals surface area contributed by atoms with Crippen LogP contribution in [0.2, 0.25) is 0 Å². The highest BCUT2D eigenvalue weighted by molar-refractivity contribution is 6.27. The number of allylic oxidation sites excluding steroid dienone is 2. The van der Waals surface area contributed by atoms with Crippen LogP contribution in [0.5, 0.6) is 17.2 Å². The standard InChI is InChI=1S/C12H11NO6/c1-18-5-3-4(14)6-7(9(5)15)10(16)8(13)12(19-2)11(6)17/h3,16-17H,13H2,1-2H3. The van der Waals surface area contributed by atoms with Gasteiger partial charge in [0.15, 0.2) is 28.8 Å². The molecule has 0 bridgehead atoms. The normalized spacial score (nSPS) is 13.9. The number of carbonyl (C=O) groups excluding carboxylic acids is 2. The lowest BCUT2D eigenvalue weighted by molar-refractivity contribution is 0.0911. The fourth-order valence-corrected chi connectivity index (χ4v) is 1.92. The van der Waals surface area contributed by atoms with Gasteiger partial charge in [-0.1, -0.05) is 0 Å². The van der Waals surface area contributed by atoms with E-state index in [1.807, 2.05) is 0 Å². The van der Waals surface area contributed by atoms with Gasteiger partial charge in [0.25, 0.3) is 0 Å². The number of nitrogens with two attached hydrogens (primary N) is 1. The van der Waals surface area contributed by atoms with E-state index in [1.54, 1.807) is 0 Å². The maximum absolute atomic E-state index is 12.0. The van der Waals surface area contributed by atoms with Crippen LogP contribution in [0.4, 0.5) is 5.69 Å². The molecule has 0 amide bonds. The first-order valence-electron chi connectivity index (χ1n) is 5.20. The predicted octanol–water partition coefficient (Wildman–Crippen LogP) is 0.598. The lowest BCUT2D eigenvalue weighted by atomic mass is 9.90. The number of methoxy groups -OCH3 is 2. The number of Topliss-reactive ketones (excluding diaryl/α,β-unsaturated/α-hetero) is 1. The van der Waals surface area contributed by atoms with Gasteiger partial charge in [0.05, 0.1) is 25.3 Å².